The van der Waals surface area contributed by atoms with E-state index in [-0.39, 0.29) is 0 Å². The average molecular weight is 249 g/mol. The molecule has 1 aromatic rings. The van der Waals surface area contributed by atoms with Gasteiger partial charge in [-0.15, -0.1) is 0 Å². The van der Waals surface area contributed by atoms with Gasteiger partial charge in [0.25, 0.3) is 0 Å². The molecule has 1 aromatic heterocycles. The van der Waals surface area contributed by atoms with Crippen LogP contribution in [0.1, 0.15) is 51.6 Å². The van der Waals surface area contributed by atoms with E-state index in [2.05, 4.69) is 24.1 Å². The zero-order valence-corrected chi connectivity index (χ0v) is 12.0. The van der Waals surface area contributed by atoms with Gasteiger partial charge in [-0.05, 0) is 31.4 Å². The van der Waals surface area contributed by atoms with Gasteiger partial charge in [-0.2, -0.15) is 0 Å². The summed E-state index contributed by atoms with van der Waals surface area (Å²) in [5.41, 5.74) is 7.60. The molecule has 0 spiro atoms. The van der Waals surface area contributed by atoms with Crippen LogP contribution in [-0.4, -0.2) is 11.5 Å². The number of nitrogens with one attached hydrogen (secondary N) is 1. The molecule has 3 N–H and O–H groups in total. The van der Waals surface area contributed by atoms with Crippen molar-refractivity contribution in [3.63, 3.8) is 0 Å². The van der Waals surface area contributed by atoms with Crippen molar-refractivity contribution in [3.8, 4) is 0 Å². The summed E-state index contributed by atoms with van der Waals surface area (Å²) in [6.45, 7) is 7.51. The molecule has 0 aliphatic carbocycles. The second-order valence-corrected chi connectivity index (χ2v) is 5.41. The number of pyridine rings is 1. The first kappa shape index (κ1) is 14.8. The Morgan fingerprint density at radius 2 is 1.89 bits per heavy atom. The van der Waals surface area contributed by atoms with E-state index in [0.29, 0.717) is 0 Å². The first-order chi connectivity index (χ1) is 8.59. The highest BCUT2D eigenvalue weighted by molar-refractivity contribution is 5.61. The maximum absolute atomic E-state index is 5.86. The summed E-state index contributed by atoms with van der Waals surface area (Å²) in [5, 5.41) is 3.32. The standard InChI is InChI=1S/C15H27N3/c1-12(2)8-6-4-5-7-11-17-15-14(16)10-9-13(3)18-15/h9-10,12H,4-8,11,16H2,1-3H3,(H,17,18). The van der Waals surface area contributed by atoms with Gasteiger partial charge < -0.3 is 11.1 Å². The minimum Gasteiger partial charge on any atom is -0.396 e. The number of anilines is 2. The van der Waals surface area contributed by atoms with E-state index in [0.717, 1.165) is 29.7 Å². The molecule has 1 heterocycles. The van der Waals surface area contributed by atoms with Crippen molar-refractivity contribution in [1.29, 1.82) is 0 Å². The van der Waals surface area contributed by atoms with Crippen LogP contribution in [0.2, 0.25) is 0 Å². The zero-order chi connectivity index (χ0) is 13.4. The molecule has 0 bridgehead atoms. The highest BCUT2D eigenvalue weighted by Crippen LogP contribution is 2.15. The van der Waals surface area contributed by atoms with Crippen LogP contribution in [-0.2, 0) is 0 Å². The maximum atomic E-state index is 5.86. The van der Waals surface area contributed by atoms with E-state index < -0.39 is 0 Å². The minimum atomic E-state index is 0.736. The molecular formula is C15H27N3. The number of nitrogens with zero attached hydrogens (tertiary/aromatic N) is 1. The lowest BCUT2D eigenvalue weighted by molar-refractivity contribution is 0.523. The summed E-state index contributed by atoms with van der Waals surface area (Å²) in [4.78, 5) is 4.39. The van der Waals surface area contributed by atoms with Crippen molar-refractivity contribution in [3.05, 3.63) is 17.8 Å². The van der Waals surface area contributed by atoms with Crippen molar-refractivity contribution in [2.75, 3.05) is 17.6 Å². The van der Waals surface area contributed by atoms with Crippen LogP contribution in [0, 0.1) is 12.8 Å². The Labute approximate surface area is 111 Å². The average Bonchev–Trinajstić information content (AvgIpc) is 2.32. The molecule has 0 aliphatic heterocycles. The molecule has 0 radical (unpaired) electrons. The highest BCUT2D eigenvalue weighted by atomic mass is 15.0. The third kappa shape index (κ3) is 5.89. The zero-order valence-electron chi connectivity index (χ0n) is 12.0. The number of nitrogens with two attached hydrogens (primary N) is 1. The van der Waals surface area contributed by atoms with Crippen molar-refractivity contribution in [1.82, 2.24) is 4.98 Å². The van der Waals surface area contributed by atoms with Gasteiger partial charge in [0.1, 0.15) is 5.82 Å². The predicted octanol–water partition coefficient (Wildman–Crippen LogP) is 3.99. The summed E-state index contributed by atoms with van der Waals surface area (Å²) >= 11 is 0. The fraction of sp³-hybridized carbons (Fsp3) is 0.667. The van der Waals surface area contributed by atoms with Gasteiger partial charge in [0.15, 0.2) is 0 Å². The molecule has 0 atom stereocenters. The molecule has 3 heteroatoms. The summed E-state index contributed by atoms with van der Waals surface area (Å²) in [6, 6.07) is 3.85. The summed E-state index contributed by atoms with van der Waals surface area (Å²) in [7, 11) is 0. The Bertz CT molecular complexity index is 348. The molecule has 0 saturated heterocycles. The molecule has 0 amide bonds. The van der Waals surface area contributed by atoms with E-state index >= 15 is 0 Å². The van der Waals surface area contributed by atoms with Gasteiger partial charge in [-0.25, -0.2) is 4.98 Å². The summed E-state index contributed by atoms with van der Waals surface area (Å²) in [5.74, 6) is 1.66. The van der Waals surface area contributed by atoms with E-state index in [4.69, 9.17) is 5.73 Å². The van der Waals surface area contributed by atoms with Crippen molar-refractivity contribution in [2.24, 2.45) is 5.92 Å². The number of unbranched alkanes of at least 4 members (excludes halogenated alkanes) is 3. The Hall–Kier alpha value is -1.25. The minimum absolute atomic E-state index is 0.736. The van der Waals surface area contributed by atoms with Gasteiger partial charge in [0, 0.05) is 12.2 Å². The summed E-state index contributed by atoms with van der Waals surface area (Å²) < 4.78 is 0. The smallest absolute Gasteiger partial charge is 0.149 e. The third-order valence-electron chi connectivity index (χ3n) is 3.07. The van der Waals surface area contributed by atoms with Gasteiger partial charge in [-0.1, -0.05) is 39.5 Å². The van der Waals surface area contributed by atoms with Gasteiger partial charge >= 0.3 is 0 Å². The molecule has 3 nitrogen and oxygen atoms in total. The molecular weight excluding hydrogens is 222 g/mol. The van der Waals surface area contributed by atoms with Gasteiger partial charge in [-0.3, -0.25) is 0 Å². The molecule has 0 fully saturated rings. The molecule has 0 aromatic carbocycles. The van der Waals surface area contributed by atoms with E-state index in [1.165, 1.54) is 32.1 Å². The first-order valence-corrected chi connectivity index (χ1v) is 7.06. The van der Waals surface area contributed by atoms with Gasteiger partial charge in [0.2, 0.25) is 0 Å². The second-order valence-electron chi connectivity index (χ2n) is 5.41. The van der Waals surface area contributed by atoms with Crippen molar-refractivity contribution < 1.29 is 0 Å². The molecule has 0 saturated carbocycles. The summed E-state index contributed by atoms with van der Waals surface area (Å²) in [6.07, 6.45) is 6.50. The topological polar surface area (TPSA) is 50.9 Å². The van der Waals surface area contributed by atoms with Crippen molar-refractivity contribution >= 4 is 11.5 Å². The highest BCUT2D eigenvalue weighted by Gasteiger charge is 2.00. The Morgan fingerprint density at radius 1 is 1.17 bits per heavy atom. The Balaban J connectivity index is 2.12. The number of rotatable bonds is 8. The van der Waals surface area contributed by atoms with E-state index in [1.807, 2.05) is 19.1 Å². The van der Waals surface area contributed by atoms with Crippen LogP contribution < -0.4 is 11.1 Å². The normalized spacial score (nSPS) is 10.9. The third-order valence-corrected chi connectivity index (χ3v) is 3.07. The molecule has 102 valence electrons. The molecule has 0 aliphatic rings. The number of hydrogen-bond donors (Lipinski definition) is 2. The Kier molecular flexibility index (Phi) is 6.55. The lowest BCUT2D eigenvalue weighted by atomic mass is 10.0. The lowest BCUT2D eigenvalue weighted by Crippen LogP contribution is -2.06. The Morgan fingerprint density at radius 3 is 2.61 bits per heavy atom. The fourth-order valence-electron chi connectivity index (χ4n) is 1.95. The lowest BCUT2D eigenvalue weighted by Gasteiger charge is -2.09. The molecule has 18 heavy (non-hydrogen) atoms. The van der Waals surface area contributed by atoms with E-state index in [1.54, 1.807) is 0 Å². The van der Waals surface area contributed by atoms with E-state index in [9.17, 15) is 0 Å². The molecule has 1 rings (SSSR count). The van der Waals surface area contributed by atoms with Crippen LogP contribution in [0.25, 0.3) is 0 Å². The first-order valence-electron chi connectivity index (χ1n) is 7.06. The predicted molar refractivity (Wildman–Crippen MR) is 79.8 cm³/mol. The number of hydrogen-bond acceptors (Lipinski definition) is 3. The second kappa shape index (κ2) is 7.96. The maximum Gasteiger partial charge on any atom is 0.149 e. The van der Waals surface area contributed by atoms with Gasteiger partial charge in [0.05, 0.1) is 5.69 Å². The fourth-order valence-corrected chi connectivity index (χ4v) is 1.95. The number of aryl methyl sites for hydroxylation is 1. The van der Waals surface area contributed by atoms with Crippen LogP contribution >= 0.6 is 0 Å². The van der Waals surface area contributed by atoms with Crippen LogP contribution in [0.15, 0.2) is 12.1 Å². The van der Waals surface area contributed by atoms with Crippen LogP contribution in [0.5, 0.6) is 0 Å². The monoisotopic (exact) mass is 249 g/mol. The van der Waals surface area contributed by atoms with Crippen molar-refractivity contribution in [2.45, 2.75) is 52.9 Å². The largest absolute Gasteiger partial charge is 0.396 e. The SMILES string of the molecule is Cc1ccc(N)c(NCCCCCCC(C)C)n1. The van der Waals surface area contributed by atoms with Crippen LogP contribution in [0.4, 0.5) is 11.5 Å². The number of aromatic nitrogens is 1. The van der Waals surface area contributed by atoms with Crippen LogP contribution in [0.3, 0.4) is 0 Å². The molecule has 0 unspecified atom stereocenters. The quantitative estimate of drug-likeness (QED) is 0.685. The number of nitrogen functional groups attached to an aromatic ring is 1.